The van der Waals surface area contributed by atoms with Crippen molar-refractivity contribution in [3.8, 4) is 12.3 Å². The normalized spacial score (nSPS) is 12.4. The van der Waals surface area contributed by atoms with Crippen LogP contribution in [0.2, 0.25) is 0 Å². The average molecular weight is 361 g/mol. The van der Waals surface area contributed by atoms with E-state index in [0.29, 0.717) is 12.2 Å². The second kappa shape index (κ2) is 7.55. The first-order valence-electron chi connectivity index (χ1n) is 8.84. The molecule has 0 spiro atoms. The minimum absolute atomic E-state index is 0.357. The maximum absolute atomic E-state index is 12.3. The van der Waals surface area contributed by atoms with Gasteiger partial charge in [-0.2, -0.15) is 0 Å². The molecule has 2 aromatic carbocycles. The highest BCUT2D eigenvalue weighted by Crippen LogP contribution is 2.21. The SMILES string of the molecule is C#Cc1ccc2nc([C@H](Cc3ccccc3)NC(=O)OC(C)(C)C)[nH]c2c1. The second-order valence-corrected chi connectivity index (χ2v) is 7.39. The van der Waals surface area contributed by atoms with Crippen LogP contribution in [0, 0.1) is 12.3 Å². The number of hydrogen-bond donors (Lipinski definition) is 2. The zero-order valence-corrected chi connectivity index (χ0v) is 15.7. The summed E-state index contributed by atoms with van der Waals surface area (Å²) in [6.07, 6.45) is 5.58. The molecule has 138 valence electrons. The molecule has 1 atom stereocenters. The van der Waals surface area contributed by atoms with E-state index in [2.05, 4.69) is 21.2 Å². The summed E-state index contributed by atoms with van der Waals surface area (Å²) >= 11 is 0. The summed E-state index contributed by atoms with van der Waals surface area (Å²) < 4.78 is 5.42. The van der Waals surface area contributed by atoms with Crippen molar-refractivity contribution in [2.24, 2.45) is 0 Å². The van der Waals surface area contributed by atoms with Crippen molar-refractivity contribution in [2.75, 3.05) is 0 Å². The highest BCUT2D eigenvalue weighted by molar-refractivity contribution is 5.77. The lowest BCUT2D eigenvalue weighted by molar-refractivity contribution is 0.0501. The molecular weight excluding hydrogens is 338 g/mol. The Kier molecular flexibility index (Phi) is 5.18. The van der Waals surface area contributed by atoms with Crippen molar-refractivity contribution in [1.29, 1.82) is 0 Å². The summed E-state index contributed by atoms with van der Waals surface area (Å²) in [6, 6.07) is 15.2. The number of imidazole rings is 1. The van der Waals surface area contributed by atoms with Crippen molar-refractivity contribution < 1.29 is 9.53 Å². The van der Waals surface area contributed by atoms with Crippen LogP contribution in [-0.4, -0.2) is 21.7 Å². The number of ether oxygens (including phenoxy) is 1. The van der Waals surface area contributed by atoms with Crippen molar-refractivity contribution in [1.82, 2.24) is 15.3 Å². The van der Waals surface area contributed by atoms with E-state index in [1.807, 2.05) is 69.3 Å². The van der Waals surface area contributed by atoms with E-state index in [-0.39, 0.29) is 6.04 Å². The fourth-order valence-electron chi connectivity index (χ4n) is 2.80. The lowest BCUT2D eigenvalue weighted by Crippen LogP contribution is -2.36. The zero-order valence-electron chi connectivity index (χ0n) is 15.7. The van der Waals surface area contributed by atoms with Crippen LogP contribution in [0.25, 0.3) is 11.0 Å². The zero-order chi connectivity index (χ0) is 19.4. The van der Waals surface area contributed by atoms with Gasteiger partial charge in [-0.3, -0.25) is 0 Å². The molecule has 0 aliphatic carbocycles. The Hall–Kier alpha value is -3.26. The third-order valence-corrected chi connectivity index (χ3v) is 3.97. The van der Waals surface area contributed by atoms with Gasteiger partial charge in [-0.15, -0.1) is 6.42 Å². The first kappa shape index (κ1) is 18.5. The number of benzene rings is 2. The first-order chi connectivity index (χ1) is 12.8. The number of carbonyl (C=O) groups is 1. The fraction of sp³-hybridized carbons (Fsp3) is 0.273. The predicted octanol–water partition coefficient (Wildman–Crippen LogP) is 4.35. The monoisotopic (exact) mass is 361 g/mol. The highest BCUT2D eigenvalue weighted by Gasteiger charge is 2.23. The second-order valence-electron chi connectivity index (χ2n) is 7.39. The van der Waals surface area contributed by atoms with E-state index in [9.17, 15) is 4.79 Å². The summed E-state index contributed by atoms with van der Waals surface area (Å²) in [5.74, 6) is 3.28. The van der Waals surface area contributed by atoms with Crippen LogP contribution in [0.1, 0.15) is 43.8 Å². The number of aromatic nitrogens is 2. The van der Waals surface area contributed by atoms with Crippen LogP contribution in [0.15, 0.2) is 48.5 Å². The molecule has 5 nitrogen and oxygen atoms in total. The van der Waals surface area contributed by atoms with Gasteiger partial charge in [0.1, 0.15) is 11.4 Å². The van der Waals surface area contributed by atoms with E-state index >= 15 is 0 Å². The molecule has 1 amide bonds. The Morgan fingerprint density at radius 1 is 1.26 bits per heavy atom. The minimum atomic E-state index is -0.572. The van der Waals surface area contributed by atoms with E-state index in [4.69, 9.17) is 11.2 Å². The number of carbonyl (C=O) groups excluding carboxylic acids is 1. The van der Waals surface area contributed by atoms with Crippen LogP contribution in [0.4, 0.5) is 4.79 Å². The molecule has 0 saturated carbocycles. The van der Waals surface area contributed by atoms with Gasteiger partial charge < -0.3 is 15.0 Å². The molecule has 27 heavy (non-hydrogen) atoms. The Balaban J connectivity index is 1.91. The highest BCUT2D eigenvalue weighted by atomic mass is 16.6. The molecule has 0 unspecified atom stereocenters. The quantitative estimate of drug-likeness (QED) is 0.679. The van der Waals surface area contributed by atoms with Gasteiger partial charge in [0.2, 0.25) is 0 Å². The predicted molar refractivity (Wildman–Crippen MR) is 106 cm³/mol. The molecule has 1 heterocycles. The molecule has 0 fully saturated rings. The minimum Gasteiger partial charge on any atom is -0.444 e. The number of hydrogen-bond acceptors (Lipinski definition) is 3. The number of nitrogens with one attached hydrogen (secondary N) is 2. The number of fused-ring (bicyclic) bond motifs is 1. The van der Waals surface area contributed by atoms with Gasteiger partial charge in [-0.25, -0.2) is 9.78 Å². The molecule has 0 saturated heterocycles. The van der Waals surface area contributed by atoms with Crippen LogP contribution >= 0.6 is 0 Å². The number of H-pyrrole nitrogens is 1. The summed E-state index contributed by atoms with van der Waals surface area (Å²) in [6.45, 7) is 5.50. The average Bonchev–Trinajstić information content (AvgIpc) is 3.03. The van der Waals surface area contributed by atoms with E-state index in [1.165, 1.54) is 0 Å². The number of nitrogens with zero attached hydrogens (tertiary/aromatic N) is 1. The van der Waals surface area contributed by atoms with Gasteiger partial charge in [-0.05, 0) is 44.5 Å². The van der Waals surface area contributed by atoms with Crippen LogP contribution in [0.3, 0.4) is 0 Å². The fourth-order valence-corrected chi connectivity index (χ4v) is 2.80. The number of alkyl carbamates (subject to hydrolysis) is 1. The number of rotatable bonds is 4. The van der Waals surface area contributed by atoms with Crippen LogP contribution in [-0.2, 0) is 11.2 Å². The topological polar surface area (TPSA) is 67.0 Å². The molecule has 5 heteroatoms. The molecule has 2 N–H and O–H groups in total. The molecule has 1 aromatic heterocycles. The van der Waals surface area contributed by atoms with Gasteiger partial charge in [0.25, 0.3) is 0 Å². The van der Waals surface area contributed by atoms with Gasteiger partial charge in [-0.1, -0.05) is 36.3 Å². The van der Waals surface area contributed by atoms with Crippen molar-refractivity contribution in [3.05, 3.63) is 65.5 Å². The van der Waals surface area contributed by atoms with E-state index in [0.717, 1.165) is 22.2 Å². The molecule has 0 bridgehead atoms. The number of amides is 1. The van der Waals surface area contributed by atoms with Gasteiger partial charge in [0, 0.05) is 12.0 Å². The standard InChI is InChI=1S/C22H23N3O2/c1-5-15-11-12-17-18(13-15)24-20(23-17)19(14-16-9-7-6-8-10-16)25-21(26)27-22(2,3)4/h1,6-13,19H,14H2,2-4H3,(H,23,24)(H,25,26)/t19-/m0/s1. The van der Waals surface area contributed by atoms with Crippen molar-refractivity contribution in [3.63, 3.8) is 0 Å². The van der Waals surface area contributed by atoms with Gasteiger partial charge in [0.15, 0.2) is 0 Å². The molecule has 3 aromatic rings. The van der Waals surface area contributed by atoms with Gasteiger partial charge >= 0.3 is 6.09 Å². The first-order valence-corrected chi connectivity index (χ1v) is 8.84. The van der Waals surface area contributed by atoms with Crippen LogP contribution in [0.5, 0.6) is 0 Å². The lowest BCUT2D eigenvalue weighted by Gasteiger charge is -2.23. The molecular formula is C22H23N3O2. The molecule has 0 aliphatic rings. The third-order valence-electron chi connectivity index (χ3n) is 3.97. The maximum Gasteiger partial charge on any atom is 0.408 e. The molecule has 0 aliphatic heterocycles. The molecule has 0 radical (unpaired) electrons. The smallest absolute Gasteiger partial charge is 0.408 e. The number of aromatic amines is 1. The van der Waals surface area contributed by atoms with Crippen molar-refractivity contribution in [2.45, 2.75) is 38.8 Å². The summed E-state index contributed by atoms with van der Waals surface area (Å²) in [5, 5.41) is 2.93. The Bertz CT molecular complexity index is 978. The summed E-state index contributed by atoms with van der Waals surface area (Å²) in [4.78, 5) is 20.3. The lowest BCUT2D eigenvalue weighted by atomic mass is 10.1. The number of terminal acetylenes is 1. The Morgan fingerprint density at radius 2 is 2.00 bits per heavy atom. The van der Waals surface area contributed by atoms with Crippen molar-refractivity contribution >= 4 is 17.1 Å². The summed E-state index contributed by atoms with van der Waals surface area (Å²) in [5.41, 5.74) is 2.93. The Labute approximate surface area is 159 Å². The maximum atomic E-state index is 12.3. The van der Waals surface area contributed by atoms with E-state index < -0.39 is 11.7 Å². The largest absolute Gasteiger partial charge is 0.444 e. The summed E-state index contributed by atoms with van der Waals surface area (Å²) in [7, 11) is 0. The Morgan fingerprint density at radius 3 is 2.67 bits per heavy atom. The van der Waals surface area contributed by atoms with E-state index in [1.54, 1.807) is 0 Å². The van der Waals surface area contributed by atoms with Crippen LogP contribution < -0.4 is 5.32 Å². The third kappa shape index (κ3) is 4.89. The molecule has 3 rings (SSSR count). The van der Waals surface area contributed by atoms with Gasteiger partial charge in [0.05, 0.1) is 17.1 Å².